The summed E-state index contributed by atoms with van der Waals surface area (Å²) in [6, 6.07) is 0.175. The highest BCUT2D eigenvalue weighted by atomic mass is 16.2. The Morgan fingerprint density at radius 1 is 1.53 bits per heavy atom. The van der Waals surface area contributed by atoms with Gasteiger partial charge in [-0.1, -0.05) is 20.8 Å². The molecular formula is C13H23N5O. The van der Waals surface area contributed by atoms with E-state index < -0.39 is 0 Å². The van der Waals surface area contributed by atoms with Gasteiger partial charge in [-0.25, -0.2) is 4.68 Å². The first-order chi connectivity index (χ1) is 8.84. The summed E-state index contributed by atoms with van der Waals surface area (Å²) in [6.07, 6.45) is 3.14. The topological polar surface area (TPSA) is 85.8 Å². The van der Waals surface area contributed by atoms with E-state index in [0.29, 0.717) is 11.9 Å². The maximum absolute atomic E-state index is 12.5. The van der Waals surface area contributed by atoms with Crippen molar-refractivity contribution in [3.05, 3.63) is 6.33 Å². The van der Waals surface area contributed by atoms with Gasteiger partial charge in [-0.15, -0.1) is 0 Å². The van der Waals surface area contributed by atoms with Crippen LogP contribution in [0.15, 0.2) is 6.33 Å². The van der Waals surface area contributed by atoms with Gasteiger partial charge < -0.3 is 5.73 Å². The number of nitrogens with one attached hydrogen (secondary N) is 1. The molecule has 0 radical (unpaired) electrons. The summed E-state index contributed by atoms with van der Waals surface area (Å²) < 4.78 is 1.56. The van der Waals surface area contributed by atoms with Crippen LogP contribution < -0.4 is 11.1 Å². The van der Waals surface area contributed by atoms with Gasteiger partial charge in [0.05, 0.1) is 0 Å². The first-order valence-electron chi connectivity index (χ1n) is 6.74. The first kappa shape index (κ1) is 14.0. The van der Waals surface area contributed by atoms with Crippen LogP contribution in [0, 0.1) is 17.3 Å². The molecule has 1 aromatic heterocycles. The van der Waals surface area contributed by atoms with Gasteiger partial charge in [0.15, 0.2) is 0 Å². The minimum atomic E-state index is -0.111. The molecule has 0 aliphatic heterocycles. The molecule has 1 aliphatic carbocycles. The van der Waals surface area contributed by atoms with Crippen molar-refractivity contribution in [2.75, 3.05) is 5.32 Å². The second-order valence-electron chi connectivity index (χ2n) is 6.10. The van der Waals surface area contributed by atoms with Gasteiger partial charge in [0, 0.05) is 19.0 Å². The Kier molecular flexibility index (Phi) is 3.62. The highest BCUT2D eigenvalue weighted by molar-refractivity contribution is 5.91. The van der Waals surface area contributed by atoms with E-state index in [-0.39, 0.29) is 23.3 Å². The Bertz CT molecular complexity index is 467. The zero-order valence-electron chi connectivity index (χ0n) is 12.1. The smallest absolute Gasteiger partial charge is 0.230 e. The van der Waals surface area contributed by atoms with Crippen LogP contribution in [0.4, 0.5) is 5.95 Å². The Balaban J connectivity index is 2.13. The molecule has 0 spiro atoms. The number of aryl methyl sites for hydroxylation is 1. The number of amides is 1. The van der Waals surface area contributed by atoms with Crippen molar-refractivity contribution in [1.29, 1.82) is 0 Å². The maximum Gasteiger partial charge on any atom is 0.230 e. The van der Waals surface area contributed by atoms with Gasteiger partial charge in [-0.3, -0.25) is 10.1 Å². The van der Waals surface area contributed by atoms with Crippen LogP contribution in [0.25, 0.3) is 0 Å². The molecule has 6 heteroatoms. The third-order valence-corrected chi connectivity index (χ3v) is 4.77. The quantitative estimate of drug-likeness (QED) is 0.840. The third kappa shape index (κ3) is 2.49. The van der Waals surface area contributed by atoms with Crippen molar-refractivity contribution < 1.29 is 4.79 Å². The minimum absolute atomic E-state index is 0.0138. The van der Waals surface area contributed by atoms with E-state index in [9.17, 15) is 4.79 Å². The van der Waals surface area contributed by atoms with Crippen molar-refractivity contribution in [3.63, 3.8) is 0 Å². The molecular weight excluding hydrogens is 242 g/mol. The Morgan fingerprint density at radius 2 is 2.21 bits per heavy atom. The molecule has 1 heterocycles. The first-order valence-corrected chi connectivity index (χ1v) is 6.74. The Hall–Kier alpha value is -1.43. The second-order valence-corrected chi connectivity index (χ2v) is 6.10. The number of nitrogens with two attached hydrogens (primary N) is 1. The van der Waals surface area contributed by atoms with Crippen LogP contribution in [0.3, 0.4) is 0 Å². The van der Waals surface area contributed by atoms with E-state index >= 15 is 0 Å². The van der Waals surface area contributed by atoms with Crippen LogP contribution in [0.2, 0.25) is 0 Å². The van der Waals surface area contributed by atoms with Crippen LogP contribution in [0.5, 0.6) is 0 Å². The fourth-order valence-corrected chi connectivity index (χ4v) is 2.93. The van der Waals surface area contributed by atoms with Gasteiger partial charge in [0.1, 0.15) is 6.33 Å². The van der Waals surface area contributed by atoms with E-state index in [0.717, 1.165) is 12.8 Å². The lowest BCUT2D eigenvalue weighted by atomic mass is 9.61. The Labute approximate surface area is 113 Å². The molecule has 0 aromatic carbocycles. The van der Waals surface area contributed by atoms with E-state index in [4.69, 9.17) is 5.73 Å². The number of hydrogen-bond donors (Lipinski definition) is 2. The van der Waals surface area contributed by atoms with E-state index in [1.807, 2.05) is 0 Å². The second kappa shape index (κ2) is 4.92. The van der Waals surface area contributed by atoms with Crippen molar-refractivity contribution in [1.82, 2.24) is 14.8 Å². The number of rotatable bonds is 2. The van der Waals surface area contributed by atoms with E-state index in [2.05, 4.69) is 36.2 Å². The highest BCUT2D eigenvalue weighted by Gasteiger charge is 2.45. The zero-order chi connectivity index (χ0) is 14.2. The molecule has 1 saturated carbocycles. The van der Waals surface area contributed by atoms with Gasteiger partial charge in [-0.05, 0) is 24.2 Å². The summed E-state index contributed by atoms with van der Waals surface area (Å²) in [5, 5.41) is 6.81. The fourth-order valence-electron chi connectivity index (χ4n) is 2.93. The number of carbonyl (C=O) groups excluding carboxylic acids is 1. The molecule has 19 heavy (non-hydrogen) atoms. The summed E-state index contributed by atoms with van der Waals surface area (Å²) in [5.74, 6) is 0.777. The maximum atomic E-state index is 12.5. The highest BCUT2D eigenvalue weighted by Crippen LogP contribution is 2.44. The molecule has 3 unspecified atom stereocenters. The van der Waals surface area contributed by atoms with Crippen molar-refractivity contribution in [3.8, 4) is 0 Å². The predicted molar refractivity (Wildman–Crippen MR) is 73.3 cm³/mol. The van der Waals surface area contributed by atoms with Gasteiger partial charge >= 0.3 is 0 Å². The molecule has 2 rings (SSSR count). The lowest BCUT2D eigenvalue weighted by Gasteiger charge is -2.45. The lowest BCUT2D eigenvalue weighted by Crippen LogP contribution is -2.50. The van der Waals surface area contributed by atoms with E-state index in [1.54, 1.807) is 11.7 Å². The third-order valence-electron chi connectivity index (χ3n) is 4.77. The predicted octanol–water partition coefficient (Wildman–Crippen LogP) is 1.15. The molecule has 1 amide bonds. The molecule has 1 aromatic rings. The van der Waals surface area contributed by atoms with Gasteiger partial charge in [0.25, 0.3) is 0 Å². The molecule has 1 fully saturated rings. The summed E-state index contributed by atoms with van der Waals surface area (Å²) in [5.41, 5.74) is 6.01. The van der Waals surface area contributed by atoms with Crippen molar-refractivity contribution in [2.45, 2.75) is 39.7 Å². The number of aromatic nitrogens is 3. The summed E-state index contributed by atoms with van der Waals surface area (Å²) in [7, 11) is 1.76. The fraction of sp³-hybridized carbons (Fsp3) is 0.769. The molecule has 3 N–H and O–H groups in total. The normalized spacial score (nSPS) is 30.1. The average Bonchev–Trinajstić information content (AvgIpc) is 2.72. The lowest BCUT2D eigenvalue weighted by molar-refractivity contribution is -0.127. The number of carbonyl (C=O) groups is 1. The van der Waals surface area contributed by atoms with Crippen LogP contribution in [0.1, 0.15) is 33.6 Å². The number of hydrogen-bond acceptors (Lipinski definition) is 4. The summed E-state index contributed by atoms with van der Waals surface area (Å²) in [6.45, 7) is 6.38. The van der Waals surface area contributed by atoms with E-state index in [1.165, 1.54) is 6.33 Å². The summed E-state index contributed by atoms with van der Waals surface area (Å²) in [4.78, 5) is 16.5. The molecule has 0 bridgehead atoms. The average molecular weight is 265 g/mol. The minimum Gasteiger partial charge on any atom is -0.327 e. The standard InChI is InChI=1S/C13H23N5O/c1-8-10(14)6-5-9(13(8,2)3)11(19)17-12-15-7-16-18(12)4/h7-10H,5-6,14H2,1-4H3,(H,15,16,17,19). The van der Waals surface area contributed by atoms with Crippen LogP contribution in [-0.4, -0.2) is 26.7 Å². The number of anilines is 1. The van der Waals surface area contributed by atoms with Crippen molar-refractivity contribution in [2.24, 2.45) is 30.0 Å². The molecule has 3 atom stereocenters. The molecule has 106 valence electrons. The molecule has 1 aliphatic rings. The number of nitrogens with zero attached hydrogens (tertiary/aromatic N) is 3. The van der Waals surface area contributed by atoms with Crippen LogP contribution in [-0.2, 0) is 11.8 Å². The Morgan fingerprint density at radius 3 is 2.79 bits per heavy atom. The summed E-state index contributed by atoms with van der Waals surface area (Å²) >= 11 is 0. The molecule has 0 saturated heterocycles. The van der Waals surface area contributed by atoms with Gasteiger partial charge in [0.2, 0.25) is 11.9 Å². The monoisotopic (exact) mass is 265 g/mol. The zero-order valence-corrected chi connectivity index (χ0v) is 12.1. The largest absolute Gasteiger partial charge is 0.327 e. The van der Waals surface area contributed by atoms with Crippen molar-refractivity contribution >= 4 is 11.9 Å². The van der Waals surface area contributed by atoms with Gasteiger partial charge in [-0.2, -0.15) is 10.1 Å². The SMILES string of the molecule is CC1C(N)CCC(C(=O)Nc2ncnn2C)C1(C)C. The molecule has 6 nitrogen and oxygen atoms in total. The van der Waals surface area contributed by atoms with Crippen LogP contribution >= 0.6 is 0 Å².